The molecule has 0 unspecified atom stereocenters. The Labute approximate surface area is 99.8 Å². The Morgan fingerprint density at radius 3 is 2.44 bits per heavy atom. The summed E-state index contributed by atoms with van der Waals surface area (Å²) in [6.07, 6.45) is 7.06. The summed E-state index contributed by atoms with van der Waals surface area (Å²) >= 11 is 0. The predicted molar refractivity (Wildman–Crippen MR) is 66.5 cm³/mol. The average molecular weight is 226 g/mol. The van der Waals surface area contributed by atoms with Crippen molar-refractivity contribution in [1.82, 2.24) is 0 Å². The second-order valence-corrected chi connectivity index (χ2v) is 5.34. The van der Waals surface area contributed by atoms with Crippen molar-refractivity contribution in [2.24, 2.45) is 5.92 Å². The number of carbonyl (C=O) groups is 1. The summed E-state index contributed by atoms with van der Waals surface area (Å²) in [6.45, 7) is 7.06. The standard InChI is InChI=1S/C14H26O2/c1-4-16-14(10-5-6-11-14)13(15)9-7-8-12(2)3/h12H,4-11H2,1-3H3. The van der Waals surface area contributed by atoms with Crippen LogP contribution >= 0.6 is 0 Å². The van der Waals surface area contributed by atoms with Crippen molar-refractivity contribution in [3.8, 4) is 0 Å². The van der Waals surface area contributed by atoms with E-state index in [9.17, 15) is 4.79 Å². The molecule has 1 aliphatic rings. The molecular formula is C14H26O2. The number of carbonyl (C=O) groups excluding carboxylic acids is 1. The number of ether oxygens (including phenoxy) is 1. The van der Waals surface area contributed by atoms with Crippen LogP contribution in [-0.2, 0) is 9.53 Å². The monoisotopic (exact) mass is 226 g/mol. The van der Waals surface area contributed by atoms with E-state index < -0.39 is 5.60 Å². The molecule has 2 heteroatoms. The lowest BCUT2D eigenvalue weighted by Gasteiger charge is -2.27. The van der Waals surface area contributed by atoms with Crippen LogP contribution in [0, 0.1) is 5.92 Å². The fourth-order valence-corrected chi connectivity index (χ4v) is 2.62. The van der Waals surface area contributed by atoms with Gasteiger partial charge in [-0.3, -0.25) is 4.79 Å². The van der Waals surface area contributed by atoms with Crippen LogP contribution in [-0.4, -0.2) is 18.0 Å². The highest BCUT2D eigenvalue weighted by Crippen LogP contribution is 2.35. The lowest BCUT2D eigenvalue weighted by atomic mass is 9.91. The van der Waals surface area contributed by atoms with Crippen molar-refractivity contribution in [3.05, 3.63) is 0 Å². The third-order valence-corrected chi connectivity index (χ3v) is 3.53. The van der Waals surface area contributed by atoms with Gasteiger partial charge in [-0.2, -0.15) is 0 Å². The maximum Gasteiger partial charge on any atom is 0.164 e. The summed E-state index contributed by atoms with van der Waals surface area (Å²) in [6, 6.07) is 0. The van der Waals surface area contributed by atoms with Crippen molar-refractivity contribution in [1.29, 1.82) is 0 Å². The van der Waals surface area contributed by atoms with Crippen LogP contribution in [0.5, 0.6) is 0 Å². The second-order valence-electron chi connectivity index (χ2n) is 5.34. The highest BCUT2D eigenvalue weighted by atomic mass is 16.5. The minimum absolute atomic E-state index is 0.354. The number of ketones is 1. The molecule has 1 rings (SSSR count). The molecule has 0 amide bonds. The van der Waals surface area contributed by atoms with Gasteiger partial charge in [0.05, 0.1) is 0 Å². The minimum Gasteiger partial charge on any atom is -0.368 e. The van der Waals surface area contributed by atoms with Crippen molar-refractivity contribution in [2.75, 3.05) is 6.61 Å². The Morgan fingerprint density at radius 1 is 1.31 bits per heavy atom. The van der Waals surface area contributed by atoms with Gasteiger partial charge in [-0.1, -0.05) is 20.3 Å². The predicted octanol–water partition coefficient (Wildman–Crippen LogP) is 3.73. The smallest absolute Gasteiger partial charge is 0.164 e. The van der Waals surface area contributed by atoms with E-state index >= 15 is 0 Å². The van der Waals surface area contributed by atoms with Crippen LogP contribution in [0.1, 0.15) is 65.7 Å². The quantitative estimate of drug-likeness (QED) is 0.661. The molecule has 0 radical (unpaired) electrons. The van der Waals surface area contributed by atoms with Gasteiger partial charge in [0.2, 0.25) is 0 Å². The van der Waals surface area contributed by atoms with E-state index in [1.165, 1.54) is 0 Å². The van der Waals surface area contributed by atoms with E-state index in [2.05, 4.69) is 13.8 Å². The van der Waals surface area contributed by atoms with Gasteiger partial charge in [0.1, 0.15) is 5.60 Å². The van der Waals surface area contributed by atoms with Crippen molar-refractivity contribution in [2.45, 2.75) is 71.3 Å². The molecule has 1 saturated carbocycles. The zero-order valence-corrected chi connectivity index (χ0v) is 11.1. The molecule has 0 aromatic carbocycles. The molecule has 0 aliphatic heterocycles. The molecule has 16 heavy (non-hydrogen) atoms. The summed E-state index contributed by atoms with van der Waals surface area (Å²) in [7, 11) is 0. The van der Waals surface area contributed by atoms with Crippen molar-refractivity contribution >= 4 is 5.78 Å². The first kappa shape index (κ1) is 13.7. The molecule has 2 nitrogen and oxygen atoms in total. The summed E-state index contributed by atoms with van der Waals surface area (Å²) in [4.78, 5) is 12.2. The molecule has 0 heterocycles. The molecule has 0 saturated heterocycles. The molecule has 0 atom stereocenters. The van der Waals surface area contributed by atoms with Crippen LogP contribution in [0.25, 0.3) is 0 Å². The topological polar surface area (TPSA) is 26.3 Å². The van der Waals surface area contributed by atoms with Gasteiger partial charge in [0.25, 0.3) is 0 Å². The Kier molecular flexibility index (Phi) is 5.47. The van der Waals surface area contributed by atoms with Gasteiger partial charge in [-0.25, -0.2) is 0 Å². The first-order valence-corrected chi connectivity index (χ1v) is 6.78. The third kappa shape index (κ3) is 3.58. The normalized spacial score (nSPS) is 19.2. The van der Waals surface area contributed by atoms with Crippen LogP contribution in [0.2, 0.25) is 0 Å². The van der Waals surface area contributed by atoms with Crippen LogP contribution in [0.3, 0.4) is 0 Å². The molecule has 1 fully saturated rings. The van der Waals surface area contributed by atoms with E-state index in [0.29, 0.717) is 24.7 Å². The Balaban J connectivity index is 2.42. The van der Waals surface area contributed by atoms with Crippen molar-refractivity contribution in [3.63, 3.8) is 0 Å². The van der Waals surface area contributed by atoms with Crippen LogP contribution in [0.15, 0.2) is 0 Å². The van der Waals surface area contributed by atoms with Gasteiger partial charge in [0.15, 0.2) is 5.78 Å². The van der Waals surface area contributed by atoms with Gasteiger partial charge in [-0.15, -0.1) is 0 Å². The van der Waals surface area contributed by atoms with Crippen molar-refractivity contribution < 1.29 is 9.53 Å². The maximum atomic E-state index is 12.2. The lowest BCUT2D eigenvalue weighted by molar-refractivity contribution is -0.143. The Hall–Kier alpha value is -0.370. The highest BCUT2D eigenvalue weighted by molar-refractivity contribution is 5.87. The molecule has 0 aromatic heterocycles. The van der Waals surface area contributed by atoms with Gasteiger partial charge in [0, 0.05) is 13.0 Å². The summed E-state index contributed by atoms with van der Waals surface area (Å²) < 4.78 is 5.76. The zero-order valence-electron chi connectivity index (χ0n) is 11.1. The number of hydrogen-bond acceptors (Lipinski definition) is 2. The summed E-state index contributed by atoms with van der Waals surface area (Å²) in [5, 5.41) is 0. The largest absolute Gasteiger partial charge is 0.368 e. The first-order chi connectivity index (χ1) is 7.60. The molecule has 1 aliphatic carbocycles. The molecular weight excluding hydrogens is 200 g/mol. The Bertz CT molecular complexity index is 215. The SMILES string of the molecule is CCOC1(C(=O)CCCC(C)C)CCCC1. The third-order valence-electron chi connectivity index (χ3n) is 3.53. The van der Waals surface area contributed by atoms with Gasteiger partial charge in [-0.05, 0) is 44.9 Å². The maximum absolute atomic E-state index is 12.2. The van der Waals surface area contributed by atoms with Crippen LogP contribution in [0.4, 0.5) is 0 Å². The number of Topliss-reactive ketones (excluding diaryl/α,β-unsaturated/α-hetero) is 1. The number of rotatable bonds is 7. The molecule has 94 valence electrons. The second kappa shape index (κ2) is 6.39. The molecule has 0 N–H and O–H groups in total. The van der Waals surface area contributed by atoms with E-state index in [0.717, 1.165) is 38.5 Å². The highest BCUT2D eigenvalue weighted by Gasteiger charge is 2.40. The molecule has 0 bridgehead atoms. The van der Waals surface area contributed by atoms with E-state index in [4.69, 9.17) is 4.74 Å². The fraction of sp³-hybridized carbons (Fsp3) is 0.929. The molecule has 0 spiro atoms. The fourth-order valence-electron chi connectivity index (χ4n) is 2.62. The van der Waals surface area contributed by atoms with E-state index in [-0.39, 0.29) is 0 Å². The molecule has 0 aromatic rings. The summed E-state index contributed by atoms with van der Waals surface area (Å²) in [5.41, 5.74) is -0.397. The number of hydrogen-bond donors (Lipinski definition) is 0. The first-order valence-electron chi connectivity index (χ1n) is 6.78. The zero-order chi connectivity index (χ0) is 12.0. The van der Waals surface area contributed by atoms with Crippen LogP contribution < -0.4 is 0 Å². The van der Waals surface area contributed by atoms with E-state index in [1.807, 2.05) is 6.92 Å². The summed E-state index contributed by atoms with van der Waals surface area (Å²) in [5.74, 6) is 1.05. The van der Waals surface area contributed by atoms with Gasteiger partial charge >= 0.3 is 0 Å². The minimum atomic E-state index is -0.397. The lowest BCUT2D eigenvalue weighted by Crippen LogP contribution is -2.38. The van der Waals surface area contributed by atoms with E-state index in [1.54, 1.807) is 0 Å². The van der Waals surface area contributed by atoms with Gasteiger partial charge < -0.3 is 4.74 Å². The average Bonchev–Trinajstić information content (AvgIpc) is 2.67. The Morgan fingerprint density at radius 2 is 1.94 bits per heavy atom.